The lowest BCUT2D eigenvalue weighted by atomic mass is 10.1. The minimum Gasteiger partial charge on any atom is -0.338 e. The molecule has 0 atom stereocenters. The molecule has 2 N–H and O–H groups in total. The molecule has 0 aromatic heterocycles. The molecule has 2 rings (SSSR count). The number of carbonyl (C=O) groups excluding carboxylic acids is 2. The first kappa shape index (κ1) is 23.4. The van der Waals surface area contributed by atoms with Crippen LogP contribution >= 0.6 is 0 Å². The highest BCUT2D eigenvalue weighted by Crippen LogP contribution is 2.18. The van der Waals surface area contributed by atoms with Gasteiger partial charge in [0.1, 0.15) is 5.71 Å². The van der Waals surface area contributed by atoms with Gasteiger partial charge in [0, 0.05) is 43.9 Å². The smallest absolute Gasteiger partial charge is 0.338 e. The molecular formula is C20H26F3N5O2. The minimum atomic E-state index is -4.61. The van der Waals surface area contributed by atoms with Crippen LogP contribution in [0.1, 0.15) is 42.6 Å². The first-order valence-corrected chi connectivity index (χ1v) is 9.77. The number of nitrogens with zero attached hydrogens (tertiary/aromatic N) is 3. The number of carbonyl (C=O) groups is 2. The summed E-state index contributed by atoms with van der Waals surface area (Å²) in [5, 5.41) is 10.6. The first-order chi connectivity index (χ1) is 14.1. The fraction of sp³-hybridized carbons (Fsp3) is 0.500. The maximum absolute atomic E-state index is 12.8. The Kier molecular flexibility index (Phi) is 7.96. The molecule has 1 aromatic carbocycles. The predicted molar refractivity (Wildman–Crippen MR) is 108 cm³/mol. The molecule has 0 bridgehead atoms. The largest absolute Gasteiger partial charge is 0.429 e. The van der Waals surface area contributed by atoms with Crippen LogP contribution in [0.3, 0.4) is 0 Å². The zero-order valence-electron chi connectivity index (χ0n) is 17.1. The van der Waals surface area contributed by atoms with Crippen LogP contribution in [0.5, 0.6) is 0 Å². The van der Waals surface area contributed by atoms with Crippen LogP contribution in [0.15, 0.2) is 29.3 Å². The van der Waals surface area contributed by atoms with E-state index in [-0.39, 0.29) is 23.1 Å². The van der Waals surface area contributed by atoms with E-state index in [4.69, 9.17) is 5.41 Å². The van der Waals surface area contributed by atoms with Crippen molar-refractivity contribution < 1.29 is 22.8 Å². The summed E-state index contributed by atoms with van der Waals surface area (Å²) in [5.74, 6) is -0.861. The van der Waals surface area contributed by atoms with E-state index in [9.17, 15) is 22.8 Å². The lowest BCUT2D eigenvalue weighted by Crippen LogP contribution is -2.53. The molecule has 7 nitrogen and oxygen atoms in total. The van der Waals surface area contributed by atoms with Crippen molar-refractivity contribution in [3.63, 3.8) is 0 Å². The number of amides is 3. The normalized spacial score (nSPS) is 15.2. The van der Waals surface area contributed by atoms with Gasteiger partial charge in [-0.2, -0.15) is 13.2 Å². The first-order valence-electron chi connectivity index (χ1n) is 9.77. The third kappa shape index (κ3) is 6.30. The average molecular weight is 425 g/mol. The van der Waals surface area contributed by atoms with Crippen molar-refractivity contribution in [1.82, 2.24) is 15.1 Å². The molecule has 164 valence electrons. The van der Waals surface area contributed by atoms with Gasteiger partial charge >= 0.3 is 12.2 Å². The summed E-state index contributed by atoms with van der Waals surface area (Å²) in [5.41, 5.74) is -0.742. The molecule has 1 heterocycles. The van der Waals surface area contributed by atoms with E-state index >= 15 is 0 Å². The number of nitrogens with one attached hydrogen (secondary N) is 2. The fourth-order valence-electron chi connectivity index (χ4n) is 2.87. The second-order valence-electron chi connectivity index (χ2n) is 6.99. The number of hydrogen-bond acceptors (Lipinski definition) is 3. The minimum absolute atomic E-state index is 0.124. The number of alkyl halides is 3. The Morgan fingerprint density at radius 2 is 1.73 bits per heavy atom. The molecule has 1 aliphatic rings. The number of unbranched alkanes of at least 4 members (excludes halogenated alkanes) is 1. The van der Waals surface area contributed by atoms with Crippen molar-refractivity contribution in [2.24, 2.45) is 4.99 Å². The molecule has 0 spiro atoms. The molecule has 0 saturated carbocycles. The summed E-state index contributed by atoms with van der Waals surface area (Å²) >= 11 is 0. The molecule has 0 radical (unpaired) electrons. The number of piperazine rings is 1. The van der Waals surface area contributed by atoms with Crippen LogP contribution in [0.25, 0.3) is 0 Å². The van der Waals surface area contributed by atoms with Crippen molar-refractivity contribution in [1.29, 1.82) is 5.41 Å². The van der Waals surface area contributed by atoms with E-state index < -0.39 is 17.7 Å². The van der Waals surface area contributed by atoms with E-state index in [1.807, 2.05) is 6.92 Å². The zero-order chi connectivity index (χ0) is 22.3. The van der Waals surface area contributed by atoms with Crippen LogP contribution < -0.4 is 5.32 Å². The van der Waals surface area contributed by atoms with E-state index in [1.165, 1.54) is 18.2 Å². The Morgan fingerprint density at radius 3 is 2.33 bits per heavy atom. The van der Waals surface area contributed by atoms with Gasteiger partial charge in [-0.1, -0.05) is 25.5 Å². The summed E-state index contributed by atoms with van der Waals surface area (Å²) in [4.78, 5) is 31.4. The van der Waals surface area contributed by atoms with Gasteiger partial charge in [0.25, 0.3) is 5.91 Å². The van der Waals surface area contributed by atoms with Gasteiger partial charge in [-0.15, -0.1) is 0 Å². The average Bonchev–Trinajstić information content (AvgIpc) is 2.72. The van der Waals surface area contributed by atoms with Crippen molar-refractivity contribution in [2.75, 3.05) is 32.7 Å². The topological polar surface area (TPSA) is 88.9 Å². The van der Waals surface area contributed by atoms with Gasteiger partial charge in [0.2, 0.25) is 0 Å². The number of benzene rings is 1. The number of amidine groups is 1. The lowest BCUT2D eigenvalue weighted by molar-refractivity contribution is -0.0590. The third-order valence-electron chi connectivity index (χ3n) is 4.73. The summed E-state index contributed by atoms with van der Waals surface area (Å²) < 4.78 is 37.9. The van der Waals surface area contributed by atoms with Crippen molar-refractivity contribution in [2.45, 2.75) is 32.9 Å². The summed E-state index contributed by atoms with van der Waals surface area (Å²) in [6.07, 6.45) is -2.72. The standard InChI is InChI=1S/C20H26F3N5O2/c1-3-4-8-25-19(30)28-11-9-27(10-12-28)18(29)16-7-5-6-15(13-16)17(24)26-14(2)20(21,22)23/h5-7,13,24H,3-4,8-12H2,1-2H3,(H,25,30). The number of rotatable bonds is 5. The lowest BCUT2D eigenvalue weighted by Gasteiger charge is -2.34. The van der Waals surface area contributed by atoms with Gasteiger partial charge in [-0.05, 0) is 25.5 Å². The molecule has 3 amide bonds. The third-order valence-corrected chi connectivity index (χ3v) is 4.73. The monoisotopic (exact) mass is 425 g/mol. The number of halogens is 3. The number of urea groups is 1. The van der Waals surface area contributed by atoms with Gasteiger partial charge in [0.05, 0.1) is 0 Å². The predicted octanol–water partition coefficient (Wildman–Crippen LogP) is 3.30. The second kappa shape index (κ2) is 10.2. The molecule has 0 unspecified atom stereocenters. The van der Waals surface area contributed by atoms with E-state index in [0.717, 1.165) is 19.8 Å². The van der Waals surface area contributed by atoms with Crippen molar-refractivity contribution in [3.05, 3.63) is 35.4 Å². The maximum atomic E-state index is 12.8. The van der Waals surface area contributed by atoms with Gasteiger partial charge in [-0.3, -0.25) is 10.2 Å². The highest BCUT2D eigenvalue weighted by molar-refractivity contribution is 6.07. The van der Waals surface area contributed by atoms with Gasteiger partial charge < -0.3 is 15.1 Å². The van der Waals surface area contributed by atoms with Gasteiger partial charge in [-0.25, -0.2) is 9.79 Å². The molecular weight excluding hydrogens is 399 g/mol. The highest BCUT2D eigenvalue weighted by Gasteiger charge is 2.32. The van der Waals surface area contributed by atoms with Crippen LogP contribution in [0.4, 0.5) is 18.0 Å². The summed E-state index contributed by atoms with van der Waals surface area (Å²) in [6.45, 7) is 4.95. The van der Waals surface area contributed by atoms with Crippen molar-refractivity contribution in [3.8, 4) is 0 Å². The van der Waals surface area contributed by atoms with Gasteiger partial charge in [0.15, 0.2) is 5.84 Å². The van der Waals surface area contributed by atoms with Crippen LogP contribution in [-0.2, 0) is 0 Å². The Balaban J connectivity index is 1.99. The van der Waals surface area contributed by atoms with Crippen molar-refractivity contribution >= 4 is 23.5 Å². The van der Waals surface area contributed by atoms with Crippen LogP contribution in [0.2, 0.25) is 0 Å². The maximum Gasteiger partial charge on any atom is 0.429 e. The molecule has 10 heteroatoms. The Morgan fingerprint density at radius 1 is 1.13 bits per heavy atom. The molecule has 1 fully saturated rings. The second-order valence-corrected chi connectivity index (χ2v) is 6.99. The SMILES string of the molecule is CCCCNC(=O)N1CCN(C(=O)c2cccc(C(=N)N=C(C)C(F)(F)F)c2)CC1. The van der Waals surface area contributed by atoms with Crippen LogP contribution in [-0.4, -0.2) is 72.2 Å². The summed E-state index contributed by atoms with van der Waals surface area (Å²) in [7, 11) is 0. The highest BCUT2D eigenvalue weighted by atomic mass is 19.4. The van der Waals surface area contributed by atoms with Crippen LogP contribution in [0, 0.1) is 5.41 Å². The zero-order valence-corrected chi connectivity index (χ0v) is 17.1. The van der Waals surface area contributed by atoms with E-state index in [0.29, 0.717) is 32.7 Å². The Bertz CT molecular complexity index is 815. The Labute approximate surface area is 173 Å². The van der Waals surface area contributed by atoms with E-state index in [1.54, 1.807) is 15.9 Å². The molecule has 1 saturated heterocycles. The molecule has 30 heavy (non-hydrogen) atoms. The summed E-state index contributed by atoms with van der Waals surface area (Å²) in [6, 6.07) is 5.70. The Hall–Kier alpha value is -2.91. The molecule has 0 aliphatic carbocycles. The molecule has 1 aliphatic heterocycles. The quantitative estimate of drug-likeness (QED) is 0.431. The number of aliphatic imine (C=N–C) groups is 1. The fourth-order valence-corrected chi connectivity index (χ4v) is 2.87. The molecule has 1 aromatic rings. The number of hydrogen-bond donors (Lipinski definition) is 2. The van der Waals surface area contributed by atoms with E-state index in [2.05, 4.69) is 10.3 Å².